The first-order valence-electron chi connectivity index (χ1n) is 5.92. The zero-order chi connectivity index (χ0) is 12.7. The van der Waals surface area contributed by atoms with Crippen molar-refractivity contribution in [1.82, 2.24) is 5.32 Å². The van der Waals surface area contributed by atoms with Gasteiger partial charge in [0.1, 0.15) is 4.34 Å². The van der Waals surface area contributed by atoms with E-state index < -0.39 is 0 Å². The SMILES string of the molecule is CCCC(CCO)CNCc1cc(Br)c(Cl)s1. The average molecular weight is 341 g/mol. The molecule has 5 heteroatoms. The molecule has 98 valence electrons. The topological polar surface area (TPSA) is 32.3 Å². The lowest BCUT2D eigenvalue weighted by atomic mass is 10.0. The van der Waals surface area contributed by atoms with E-state index in [1.165, 1.54) is 17.7 Å². The maximum atomic E-state index is 8.97. The normalized spacial score (nSPS) is 12.9. The van der Waals surface area contributed by atoms with E-state index in [0.717, 1.165) is 28.3 Å². The third kappa shape index (κ3) is 5.71. The van der Waals surface area contributed by atoms with Crippen LogP contribution >= 0.6 is 38.9 Å². The van der Waals surface area contributed by atoms with Crippen LogP contribution in [0.25, 0.3) is 0 Å². The lowest BCUT2D eigenvalue weighted by Crippen LogP contribution is -2.22. The molecule has 0 aliphatic heterocycles. The zero-order valence-electron chi connectivity index (χ0n) is 10.0. The Hall–Kier alpha value is 0.390. The molecule has 0 bridgehead atoms. The molecule has 2 nitrogen and oxygen atoms in total. The van der Waals surface area contributed by atoms with Gasteiger partial charge in [-0.1, -0.05) is 24.9 Å². The van der Waals surface area contributed by atoms with Crippen LogP contribution in [0.1, 0.15) is 31.1 Å². The highest BCUT2D eigenvalue weighted by Crippen LogP contribution is 2.31. The first-order valence-corrected chi connectivity index (χ1v) is 7.91. The van der Waals surface area contributed by atoms with E-state index in [2.05, 4.69) is 34.2 Å². The molecule has 1 unspecified atom stereocenters. The Kier molecular flexibility index (Phi) is 7.71. The van der Waals surface area contributed by atoms with Gasteiger partial charge in [-0.25, -0.2) is 0 Å². The van der Waals surface area contributed by atoms with Gasteiger partial charge in [-0.2, -0.15) is 0 Å². The van der Waals surface area contributed by atoms with E-state index in [4.69, 9.17) is 16.7 Å². The summed E-state index contributed by atoms with van der Waals surface area (Å²) in [4.78, 5) is 1.24. The molecule has 1 rings (SSSR count). The van der Waals surface area contributed by atoms with Gasteiger partial charge in [-0.15, -0.1) is 11.3 Å². The molecule has 17 heavy (non-hydrogen) atoms. The van der Waals surface area contributed by atoms with Crippen molar-refractivity contribution in [3.63, 3.8) is 0 Å². The maximum Gasteiger partial charge on any atom is 0.107 e. The highest BCUT2D eigenvalue weighted by molar-refractivity contribution is 9.10. The van der Waals surface area contributed by atoms with Gasteiger partial charge in [0, 0.05) is 22.5 Å². The Morgan fingerprint density at radius 1 is 1.53 bits per heavy atom. The van der Waals surface area contributed by atoms with Gasteiger partial charge < -0.3 is 10.4 Å². The zero-order valence-corrected chi connectivity index (χ0v) is 13.2. The standard InChI is InChI=1S/C12H19BrClNOS/c1-2-3-9(4-5-16)7-15-8-10-6-11(13)12(14)17-10/h6,9,15-16H,2-5,7-8H2,1H3. The highest BCUT2D eigenvalue weighted by atomic mass is 79.9. The number of hydrogen-bond acceptors (Lipinski definition) is 3. The van der Waals surface area contributed by atoms with Gasteiger partial charge in [0.05, 0.1) is 0 Å². The van der Waals surface area contributed by atoms with Crippen LogP contribution in [-0.4, -0.2) is 18.3 Å². The van der Waals surface area contributed by atoms with Gasteiger partial charge in [0.15, 0.2) is 0 Å². The van der Waals surface area contributed by atoms with E-state index in [-0.39, 0.29) is 6.61 Å². The summed E-state index contributed by atoms with van der Waals surface area (Å²) in [5, 5.41) is 12.4. The molecule has 0 spiro atoms. The number of halogens is 2. The summed E-state index contributed by atoms with van der Waals surface area (Å²) in [5.74, 6) is 0.573. The Bertz CT molecular complexity index is 307. The van der Waals surface area contributed by atoms with Crippen molar-refractivity contribution in [1.29, 1.82) is 0 Å². The van der Waals surface area contributed by atoms with E-state index in [0.29, 0.717) is 5.92 Å². The van der Waals surface area contributed by atoms with Gasteiger partial charge in [0.2, 0.25) is 0 Å². The Balaban J connectivity index is 2.30. The molecule has 0 amide bonds. The summed E-state index contributed by atoms with van der Waals surface area (Å²) in [6.07, 6.45) is 3.22. The van der Waals surface area contributed by atoms with Crippen LogP contribution in [0, 0.1) is 5.92 Å². The number of thiophene rings is 1. The van der Waals surface area contributed by atoms with E-state index in [9.17, 15) is 0 Å². The van der Waals surface area contributed by atoms with Crippen molar-refractivity contribution < 1.29 is 5.11 Å². The summed E-state index contributed by atoms with van der Waals surface area (Å²) in [6.45, 7) is 4.27. The summed E-state index contributed by atoms with van der Waals surface area (Å²) < 4.78 is 1.78. The summed E-state index contributed by atoms with van der Waals surface area (Å²) in [6, 6.07) is 2.06. The molecule has 0 aromatic carbocycles. The molecule has 0 radical (unpaired) electrons. The molecule has 0 saturated carbocycles. The first-order chi connectivity index (χ1) is 8.17. The maximum absolute atomic E-state index is 8.97. The lowest BCUT2D eigenvalue weighted by molar-refractivity contribution is 0.248. The van der Waals surface area contributed by atoms with Crippen molar-refractivity contribution in [2.45, 2.75) is 32.7 Å². The fraction of sp³-hybridized carbons (Fsp3) is 0.667. The Morgan fingerprint density at radius 3 is 2.82 bits per heavy atom. The van der Waals surface area contributed by atoms with Crippen LogP contribution in [0.15, 0.2) is 10.5 Å². The number of aliphatic hydroxyl groups excluding tert-OH is 1. The van der Waals surface area contributed by atoms with Crippen molar-refractivity contribution >= 4 is 38.9 Å². The molecule has 1 atom stereocenters. The Morgan fingerprint density at radius 2 is 2.29 bits per heavy atom. The predicted octanol–water partition coefficient (Wildman–Crippen LogP) is 4.05. The number of nitrogens with one attached hydrogen (secondary N) is 1. The number of aliphatic hydroxyl groups is 1. The van der Waals surface area contributed by atoms with Gasteiger partial charge >= 0.3 is 0 Å². The monoisotopic (exact) mass is 339 g/mol. The minimum atomic E-state index is 0.280. The summed E-state index contributed by atoms with van der Waals surface area (Å²) in [5.41, 5.74) is 0. The van der Waals surface area contributed by atoms with Gasteiger partial charge in [-0.05, 0) is 47.3 Å². The quantitative estimate of drug-likeness (QED) is 0.748. The largest absolute Gasteiger partial charge is 0.396 e. The van der Waals surface area contributed by atoms with E-state index >= 15 is 0 Å². The number of rotatable bonds is 8. The van der Waals surface area contributed by atoms with E-state index in [1.807, 2.05) is 0 Å². The van der Waals surface area contributed by atoms with Crippen molar-refractivity contribution in [2.75, 3.05) is 13.2 Å². The Labute approximate surface area is 121 Å². The fourth-order valence-corrected chi connectivity index (χ4v) is 3.58. The van der Waals surface area contributed by atoms with Crippen molar-refractivity contribution in [3.8, 4) is 0 Å². The highest BCUT2D eigenvalue weighted by Gasteiger charge is 2.08. The molecular weight excluding hydrogens is 322 g/mol. The molecule has 0 saturated heterocycles. The smallest absolute Gasteiger partial charge is 0.107 e. The minimum Gasteiger partial charge on any atom is -0.396 e. The van der Waals surface area contributed by atoms with Crippen LogP contribution in [0.3, 0.4) is 0 Å². The molecule has 0 aliphatic rings. The molecule has 2 N–H and O–H groups in total. The van der Waals surface area contributed by atoms with Crippen LogP contribution < -0.4 is 5.32 Å². The third-order valence-electron chi connectivity index (χ3n) is 2.66. The molecule has 0 aliphatic carbocycles. The second-order valence-electron chi connectivity index (χ2n) is 4.13. The fourth-order valence-electron chi connectivity index (χ4n) is 1.82. The summed E-state index contributed by atoms with van der Waals surface area (Å²) >= 11 is 11.0. The average Bonchev–Trinajstić information content (AvgIpc) is 2.59. The second-order valence-corrected chi connectivity index (χ2v) is 6.73. The van der Waals surface area contributed by atoms with Crippen LogP contribution in [-0.2, 0) is 6.54 Å². The van der Waals surface area contributed by atoms with Crippen molar-refractivity contribution in [2.24, 2.45) is 5.92 Å². The minimum absolute atomic E-state index is 0.280. The first kappa shape index (κ1) is 15.4. The predicted molar refractivity (Wildman–Crippen MR) is 78.8 cm³/mol. The van der Waals surface area contributed by atoms with Crippen LogP contribution in [0.4, 0.5) is 0 Å². The third-order valence-corrected chi connectivity index (χ3v) is 5.14. The van der Waals surface area contributed by atoms with E-state index in [1.54, 1.807) is 11.3 Å². The molecule has 1 aromatic heterocycles. The van der Waals surface area contributed by atoms with Gasteiger partial charge in [-0.3, -0.25) is 0 Å². The van der Waals surface area contributed by atoms with Crippen LogP contribution in [0.2, 0.25) is 4.34 Å². The van der Waals surface area contributed by atoms with Gasteiger partial charge in [0.25, 0.3) is 0 Å². The lowest BCUT2D eigenvalue weighted by Gasteiger charge is -2.15. The van der Waals surface area contributed by atoms with Crippen LogP contribution in [0.5, 0.6) is 0 Å². The number of hydrogen-bond donors (Lipinski definition) is 2. The van der Waals surface area contributed by atoms with Crippen molar-refractivity contribution in [3.05, 3.63) is 19.8 Å². The summed E-state index contributed by atoms with van der Waals surface area (Å²) in [7, 11) is 0. The molecular formula is C12H19BrClNOS. The molecule has 0 fully saturated rings. The molecule has 1 aromatic rings. The molecule has 1 heterocycles. The second kappa shape index (κ2) is 8.48.